The summed E-state index contributed by atoms with van der Waals surface area (Å²) in [5.41, 5.74) is 3.36. The van der Waals surface area contributed by atoms with E-state index in [-0.39, 0.29) is 34.9 Å². The summed E-state index contributed by atoms with van der Waals surface area (Å²) in [6.45, 7) is 2.32. The minimum atomic E-state index is -0.879. The summed E-state index contributed by atoms with van der Waals surface area (Å²) in [7, 11) is 0. The number of halogens is 3. The van der Waals surface area contributed by atoms with Gasteiger partial charge in [0.05, 0.1) is 12.7 Å². The standard InChI is InChI=1S/C30H29F3O2/c1-18(34)20-8-10-22(11-9-20)26-15-12-23(29(32)30(26)33)7-4-19-2-5-21(6-3-19)25-14-13-24(16-27(25)31)28-17-35-28/h4,7-16,18-19,21,28,34H,2-3,5-6,17H2,1H3/b7-4+. The highest BCUT2D eigenvalue weighted by atomic mass is 19.2. The summed E-state index contributed by atoms with van der Waals surface area (Å²) in [5, 5.41) is 9.64. The molecule has 182 valence electrons. The molecule has 5 heteroatoms. The van der Waals surface area contributed by atoms with Crippen LogP contribution in [-0.4, -0.2) is 11.7 Å². The van der Waals surface area contributed by atoms with Crippen molar-refractivity contribution < 1.29 is 23.0 Å². The summed E-state index contributed by atoms with van der Waals surface area (Å²) in [5.74, 6) is -1.47. The summed E-state index contributed by atoms with van der Waals surface area (Å²) < 4.78 is 49.5. The first kappa shape index (κ1) is 23.8. The molecule has 0 spiro atoms. The van der Waals surface area contributed by atoms with Crippen molar-refractivity contribution in [3.05, 3.63) is 100 Å². The minimum absolute atomic E-state index is 0.0503. The second-order valence-corrected chi connectivity index (χ2v) is 9.70. The summed E-state index contributed by atoms with van der Waals surface area (Å²) in [6, 6.07) is 15.4. The van der Waals surface area contributed by atoms with Crippen LogP contribution in [-0.2, 0) is 4.74 Å². The third-order valence-corrected chi connectivity index (χ3v) is 7.31. The SMILES string of the molecule is CC(O)c1ccc(-c2ccc(/C=C/C3CCC(c4ccc(C5CO5)cc4F)CC3)c(F)c2F)cc1. The molecular formula is C30H29F3O2. The van der Waals surface area contributed by atoms with Gasteiger partial charge in [0.15, 0.2) is 11.6 Å². The molecule has 2 unspecified atom stereocenters. The Morgan fingerprint density at radius 2 is 1.63 bits per heavy atom. The minimum Gasteiger partial charge on any atom is -0.389 e. The van der Waals surface area contributed by atoms with Gasteiger partial charge in [-0.05, 0) is 72.8 Å². The molecule has 0 radical (unpaired) electrons. The van der Waals surface area contributed by atoms with Gasteiger partial charge in [-0.3, -0.25) is 0 Å². The van der Waals surface area contributed by atoms with E-state index in [2.05, 4.69) is 0 Å². The van der Waals surface area contributed by atoms with E-state index in [1.165, 1.54) is 0 Å². The predicted octanol–water partition coefficient (Wildman–Crippen LogP) is 7.88. The summed E-state index contributed by atoms with van der Waals surface area (Å²) in [6.07, 6.45) is 6.54. The van der Waals surface area contributed by atoms with E-state index < -0.39 is 17.7 Å². The van der Waals surface area contributed by atoms with Gasteiger partial charge in [-0.2, -0.15) is 0 Å². The number of benzene rings is 3. The van der Waals surface area contributed by atoms with Crippen LogP contribution in [0.25, 0.3) is 17.2 Å². The van der Waals surface area contributed by atoms with Gasteiger partial charge in [-0.25, -0.2) is 13.2 Å². The van der Waals surface area contributed by atoms with Crippen molar-refractivity contribution in [3.63, 3.8) is 0 Å². The second-order valence-electron chi connectivity index (χ2n) is 9.70. The molecule has 1 aliphatic heterocycles. The molecule has 1 heterocycles. The normalized spacial score (nSPS) is 22.9. The Hall–Kier alpha value is -2.89. The van der Waals surface area contributed by atoms with Crippen molar-refractivity contribution in [2.75, 3.05) is 6.61 Å². The van der Waals surface area contributed by atoms with Crippen LogP contribution < -0.4 is 0 Å². The molecule has 1 aliphatic carbocycles. The van der Waals surface area contributed by atoms with Crippen molar-refractivity contribution in [1.29, 1.82) is 0 Å². The number of epoxide rings is 1. The first-order chi connectivity index (χ1) is 16.9. The molecule has 0 aromatic heterocycles. The number of rotatable bonds is 6. The lowest BCUT2D eigenvalue weighted by Crippen LogP contribution is -2.13. The maximum atomic E-state index is 14.8. The first-order valence-electron chi connectivity index (χ1n) is 12.3. The molecule has 1 saturated heterocycles. The lowest BCUT2D eigenvalue weighted by atomic mass is 9.78. The first-order valence-corrected chi connectivity index (χ1v) is 12.3. The van der Waals surface area contributed by atoms with Crippen molar-refractivity contribution in [2.24, 2.45) is 5.92 Å². The Balaban J connectivity index is 1.23. The Morgan fingerprint density at radius 1 is 0.914 bits per heavy atom. The number of ether oxygens (including phenoxy) is 1. The van der Waals surface area contributed by atoms with Gasteiger partial charge in [-0.1, -0.05) is 60.7 Å². The monoisotopic (exact) mass is 478 g/mol. The summed E-state index contributed by atoms with van der Waals surface area (Å²) in [4.78, 5) is 0. The molecule has 5 rings (SSSR count). The lowest BCUT2D eigenvalue weighted by Gasteiger charge is -2.27. The number of hydrogen-bond donors (Lipinski definition) is 1. The zero-order chi connectivity index (χ0) is 24.5. The van der Waals surface area contributed by atoms with E-state index in [1.807, 2.05) is 18.2 Å². The van der Waals surface area contributed by atoms with Gasteiger partial charge >= 0.3 is 0 Å². The quantitative estimate of drug-likeness (QED) is 0.366. The van der Waals surface area contributed by atoms with Crippen molar-refractivity contribution >= 4 is 6.08 Å². The van der Waals surface area contributed by atoms with E-state index >= 15 is 0 Å². The second kappa shape index (κ2) is 10.00. The van der Waals surface area contributed by atoms with Crippen molar-refractivity contribution in [1.82, 2.24) is 0 Å². The highest BCUT2D eigenvalue weighted by Crippen LogP contribution is 2.39. The largest absolute Gasteiger partial charge is 0.389 e. The van der Waals surface area contributed by atoms with Crippen LogP contribution in [0.3, 0.4) is 0 Å². The van der Waals surface area contributed by atoms with Crippen LogP contribution in [0.15, 0.2) is 60.7 Å². The third-order valence-electron chi connectivity index (χ3n) is 7.31. The average Bonchev–Trinajstić information content (AvgIpc) is 3.71. The van der Waals surface area contributed by atoms with E-state index in [1.54, 1.807) is 55.5 Å². The number of hydrogen-bond acceptors (Lipinski definition) is 2. The Bertz CT molecular complexity index is 1220. The maximum absolute atomic E-state index is 14.8. The average molecular weight is 479 g/mol. The van der Waals surface area contributed by atoms with Crippen LogP contribution >= 0.6 is 0 Å². The number of allylic oxidation sites excluding steroid dienone is 1. The van der Waals surface area contributed by atoms with E-state index in [0.29, 0.717) is 12.2 Å². The number of aliphatic hydroxyl groups is 1. The van der Waals surface area contributed by atoms with Gasteiger partial charge < -0.3 is 9.84 Å². The fourth-order valence-corrected chi connectivity index (χ4v) is 5.03. The van der Waals surface area contributed by atoms with Gasteiger partial charge in [-0.15, -0.1) is 0 Å². The topological polar surface area (TPSA) is 32.8 Å². The van der Waals surface area contributed by atoms with Crippen LogP contribution in [0.4, 0.5) is 13.2 Å². The van der Waals surface area contributed by atoms with Crippen LogP contribution in [0.1, 0.15) is 73.0 Å². The highest BCUT2D eigenvalue weighted by Gasteiger charge is 2.28. The highest BCUT2D eigenvalue weighted by molar-refractivity contribution is 5.67. The van der Waals surface area contributed by atoms with Crippen LogP contribution in [0.2, 0.25) is 0 Å². The lowest BCUT2D eigenvalue weighted by molar-refractivity contribution is 0.199. The molecule has 2 fully saturated rings. The molecule has 3 aromatic carbocycles. The van der Waals surface area contributed by atoms with Gasteiger partial charge in [0.1, 0.15) is 11.9 Å². The zero-order valence-corrected chi connectivity index (χ0v) is 19.7. The Kier molecular flexibility index (Phi) is 6.81. The molecule has 0 amide bonds. The Morgan fingerprint density at radius 3 is 2.26 bits per heavy atom. The molecule has 1 saturated carbocycles. The molecule has 2 aliphatic rings. The molecule has 1 N–H and O–H groups in total. The van der Waals surface area contributed by atoms with Crippen LogP contribution in [0.5, 0.6) is 0 Å². The molecule has 2 atom stereocenters. The van der Waals surface area contributed by atoms with E-state index in [4.69, 9.17) is 4.74 Å². The zero-order valence-electron chi connectivity index (χ0n) is 19.7. The van der Waals surface area contributed by atoms with Gasteiger partial charge in [0, 0.05) is 11.1 Å². The maximum Gasteiger partial charge on any atom is 0.167 e. The van der Waals surface area contributed by atoms with Crippen molar-refractivity contribution in [3.8, 4) is 11.1 Å². The predicted molar refractivity (Wildman–Crippen MR) is 131 cm³/mol. The molecule has 0 bridgehead atoms. The van der Waals surface area contributed by atoms with E-state index in [0.717, 1.165) is 42.4 Å². The van der Waals surface area contributed by atoms with Gasteiger partial charge in [0.2, 0.25) is 0 Å². The molecule has 2 nitrogen and oxygen atoms in total. The molecule has 35 heavy (non-hydrogen) atoms. The Labute approximate surface area is 204 Å². The molecule has 3 aromatic rings. The van der Waals surface area contributed by atoms with Crippen molar-refractivity contribution in [2.45, 2.75) is 50.7 Å². The molecular weight excluding hydrogens is 449 g/mol. The van der Waals surface area contributed by atoms with E-state index in [9.17, 15) is 18.3 Å². The van der Waals surface area contributed by atoms with Gasteiger partial charge in [0.25, 0.3) is 0 Å². The fraction of sp³-hybridized carbons (Fsp3) is 0.333. The number of aliphatic hydroxyl groups excluding tert-OH is 1. The smallest absolute Gasteiger partial charge is 0.167 e. The fourth-order valence-electron chi connectivity index (χ4n) is 5.03. The summed E-state index contributed by atoms with van der Waals surface area (Å²) >= 11 is 0. The van der Waals surface area contributed by atoms with Crippen LogP contribution in [0, 0.1) is 23.4 Å². The third kappa shape index (κ3) is 5.21.